The number of hydrogen-bond acceptors (Lipinski definition) is 2. The van der Waals surface area contributed by atoms with Crippen molar-refractivity contribution in [1.29, 1.82) is 5.41 Å². The van der Waals surface area contributed by atoms with Crippen LogP contribution in [0, 0.1) is 5.41 Å². The zero-order valence-corrected chi connectivity index (χ0v) is 5.21. The van der Waals surface area contributed by atoms with E-state index < -0.39 is 9.93 Å². The van der Waals surface area contributed by atoms with Gasteiger partial charge in [-0.05, 0) is 0 Å². The van der Waals surface area contributed by atoms with Gasteiger partial charge in [-0.1, -0.05) is 0 Å². The first-order valence-electron chi connectivity index (χ1n) is 1.76. The van der Waals surface area contributed by atoms with Crippen molar-refractivity contribution in [1.82, 2.24) is 0 Å². The van der Waals surface area contributed by atoms with E-state index in [1.54, 1.807) is 12.5 Å². The van der Waals surface area contributed by atoms with Crippen molar-refractivity contribution >= 4 is 15.8 Å². The van der Waals surface area contributed by atoms with Crippen LogP contribution in [0.25, 0.3) is 0 Å². The highest BCUT2D eigenvalue weighted by molar-refractivity contribution is 8.04. The molecule has 0 fully saturated rings. The van der Waals surface area contributed by atoms with Gasteiger partial charge in [0.15, 0.2) is 5.41 Å². The van der Waals surface area contributed by atoms with Crippen LogP contribution >= 0.6 is 0 Å². The lowest BCUT2D eigenvalue weighted by Gasteiger charge is -1.82. The minimum absolute atomic E-state index is 1.26. The molecular weight excluding hydrogens is 110 g/mol. The Kier molecular flexibility index (Phi) is 1.93. The largest absolute Gasteiger partial charge is 0.255 e. The summed E-state index contributed by atoms with van der Waals surface area (Å²) >= 11 is 0. The van der Waals surface area contributed by atoms with Crippen LogP contribution in [0.15, 0.2) is 5.41 Å². The van der Waals surface area contributed by atoms with Crippen molar-refractivity contribution < 1.29 is 4.21 Å². The fourth-order valence-corrected chi connectivity index (χ4v) is 0.426. The van der Waals surface area contributed by atoms with E-state index in [9.17, 15) is 4.21 Å². The van der Waals surface area contributed by atoms with Crippen molar-refractivity contribution in [3.8, 4) is 0 Å². The molecule has 0 rings (SSSR count). The first-order chi connectivity index (χ1) is 3.06. The van der Waals surface area contributed by atoms with E-state index in [4.69, 9.17) is 5.41 Å². The zero-order valence-electron chi connectivity index (χ0n) is 4.39. The lowest BCUT2D eigenvalue weighted by molar-refractivity contribution is 0.596. The minimum atomic E-state index is -1.85. The summed E-state index contributed by atoms with van der Waals surface area (Å²) in [6.45, 7) is 0. The van der Waals surface area contributed by atoms with Crippen LogP contribution in [0.4, 0.5) is 0 Å². The van der Waals surface area contributed by atoms with Gasteiger partial charge in [-0.2, -0.15) is 0 Å². The lowest BCUT2D eigenvalue weighted by atomic mass is 11.2. The van der Waals surface area contributed by atoms with Gasteiger partial charge in [0, 0.05) is 5.87 Å². The topological polar surface area (TPSA) is 40.9 Å². The van der Waals surface area contributed by atoms with Gasteiger partial charge in [-0.25, -0.2) is 0 Å². The molecule has 0 bridgehead atoms. The highest BCUT2D eigenvalue weighted by atomic mass is 32.2. The third kappa shape index (κ3) is 5.60. The van der Waals surface area contributed by atoms with Crippen LogP contribution in [0.5, 0.6) is 0 Å². The predicted molar refractivity (Wildman–Crippen MR) is 32.2 cm³/mol. The molecule has 0 aliphatic carbocycles. The molecule has 0 aliphatic heterocycles. The van der Waals surface area contributed by atoms with E-state index in [2.05, 4.69) is 0 Å². The first kappa shape index (κ1) is 6.60. The van der Waals surface area contributed by atoms with Crippen molar-refractivity contribution in [3.05, 3.63) is 5.41 Å². The third-order valence-electron chi connectivity index (χ3n) is 0.343. The first-order valence-corrected chi connectivity index (χ1v) is 4.20. The molecule has 3 heteroatoms. The van der Waals surface area contributed by atoms with E-state index in [0.717, 1.165) is 0 Å². The highest BCUT2D eigenvalue weighted by Crippen LogP contribution is 1.89. The predicted octanol–water partition coefficient (Wildman–Crippen LogP) is 0.508. The molecule has 2 nitrogen and oxygen atoms in total. The molecule has 0 spiro atoms. The average molecular weight is 118 g/mol. The molecule has 7 heavy (non-hydrogen) atoms. The van der Waals surface area contributed by atoms with E-state index in [-0.39, 0.29) is 0 Å². The molecule has 0 radical (unpaired) electrons. The molecule has 0 unspecified atom stereocenters. The number of nitrogens with one attached hydrogen (secondary N) is 1. The quantitative estimate of drug-likeness (QED) is 0.395. The second kappa shape index (κ2) is 2.05. The third-order valence-corrected chi connectivity index (χ3v) is 1.03. The number of rotatable bonds is 1. The molecule has 0 aromatic rings. The standard InChI is InChI=1S/C4H8NOS/c1-7(2,6)4-3-5/h4-5H,1-2H3/q+1. The molecule has 0 atom stereocenters. The van der Waals surface area contributed by atoms with Gasteiger partial charge < -0.3 is 0 Å². The smallest absolute Gasteiger partial charge is 0.182 e. The van der Waals surface area contributed by atoms with Gasteiger partial charge in [-0.15, -0.1) is 4.21 Å². The molecule has 0 amide bonds. The lowest BCUT2D eigenvalue weighted by Crippen LogP contribution is -1.97. The van der Waals surface area contributed by atoms with Crippen LogP contribution in [0.3, 0.4) is 0 Å². The SMILES string of the molecule is C[S+](C)(=O)C=C=N. The van der Waals surface area contributed by atoms with Crippen molar-refractivity contribution in [2.75, 3.05) is 12.5 Å². The van der Waals surface area contributed by atoms with Crippen LogP contribution in [0.2, 0.25) is 0 Å². The summed E-state index contributed by atoms with van der Waals surface area (Å²) < 4.78 is 10.5. The maximum atomic E-state index is 10.5. The van der Waals surface area contributed by atoms with Gasteiger partial charge in [0.05, 0.1) is 0 Å². The molecule has 0 saturated carbocycles. The summed E-state index contributed by atoms with van der Waals surface area (Å²) in [5.41, 5.74) is 0. The summed E-state index contributed by atoms with van der Waals surface area (Å²) in [6.07, 6.45) is 3.13. The van der Waals surface area contributed by atoms with E-state index in [1.165, 1.54) is 5.41 Å². The maximum Gasteiger partial charge on any atom is 0.182 e. The summed E-state index contributed by atoms with van der Waals surface area (Å²) in [7, 11) is -1.85. The molecule has 0 aromatic heterocycles. The molecule has 1 N–H and O–H groups in total. The molecule has 0 heterocycles. The number of hydrogen-bond donors (Lipinski definition) is 1. The van der Waals surface area contributed by atoms with Gasteiger partial charge in [0.2, 0.25) is 0 Å². The maximum absolute atomic E-state index is 10.5. The summed E-state index contributed by atoms with van der Waals surface area (Å²) in [4.78, 5) is 0. The Bertz CT molecular complexity index is 140. The Hall–Kier alpha value is -0.400. The Labute approximate surface area is 44.2 Å². The van der Waals surface area contributed by atoms with Crippen LogP contribution in [-0.2, 0) is 14.1 Å². The Morgan fingerprint density at radius 3 is 2.14 bits per heavy atom. The van der Waals surface area contributed by atoms with Crippen molar-refractivity contribution in [2.24, 2.45) is 0 Å². The summed E-state index contributed by atoms with van der Waals surface area (Å²) in [5, 5.41) is 7.63. The molecule has 0 aliphatic rings. The molecule has 0 saturated heterocycles. The second-order valence-electron chi connectivity index (χ2n) is 1.57. The van der Waals surface area contributed by atoms with E-state index in [0.29, 0.717) is 0 Å². The molecular formula is C4H8NOS+. The zero-order chi connectivity index (χ0) is 5.91. The normalized spacial score (nSPS) is 10.0. The van der Waals surface area contributed by atoms with Crippen molar-refractivity contribution in [3.63, 3.8) is 0 Å². The Balaban J connectivity index is 4.10. The van der Waals surface area contributed by atoms with Crippen LogP contribution in [0.1, 0.15) is 0 Å². The Morgan fingerprint density at radius 2 is 2.14 bits per heavy atom. The van der Waals surface area contributed by atoms with E-state index in [1.807, 2.05) is 5.87 Å². The fraction of sp³-hybridized carbons (Fsp3) is 0.500. The average Bonchev–Trinajstić information content (AvgIpc) is 1.30. The van der Waals surface area contributed by atoms with E-state index >= 15 is 0 Å². The fourth-order valence-electron chi connectivity index (χ4n) is 0.142. The van der Waals surface area contributed by atoms with Crippen molar-refractivity contribution in [2.45, 2.75) is 0 Å². The summed E-state index contributed by atoms with van der Waals surface area (Å²) in [6, 6.07) is 0. The van der Waals surface area contributed by atoms with Gasteiger partial charge in [0.25, 0.3) is 0 Å². The monoisotopic (exact) mass is 118 g/mol. The van der Waals surface area contributed by atoms with Crippen LogP contribution in [-0.4, -0.2) is 18.4 Å². The Morgan fingerprint density at radius 1 is 1.71 bits per heavy atom. The van der Waals surface area contributed by atoms with Gasteiger partial charge in [-0.3, -0.25) is 5.41 Å². The summed E-state index contributed by atoms with van der Waals surface area (Å²) in [5.74, 6) is 1.96. The van der Waals surface area contributed by atoms with Gasteiger partial charge >= 0.3 is 0 Å². The highest BCUT2D eigenvalue weighted by Gasteiger charge is 2.03. The molecule has 0 aromatic carbocycles. The second-order valence-corrected chi connectivity index (χ2v) is 4.43. The molecule has 40 valence electrons. The van der Waals surface area contributed by atoms with Crippen LogP contribution < -0.4 is 0 Å². The van der Waals surface area contributed by atoms with Gasteiger partial charge in [0.1, 0.15) is 22.4 Å². The minimum Gasteiger partial charge on any atom is -0.255 e.